The van der Waals surface area contributed by atoms with Crippen LogP contribution in [0.25, 0.3) is 0 Å². The van der Waals surface area contributed by atoms with Gasteiger partial charge in [-0.25, -0.2) is 0 Å². The minimum atomic E-state index is 0. The maximum atomic E-state index is 12.3. The Morgan fingerprint density at radius 2 is 1.79 bits per heavy atom. The molecule has 0 saturated carbocycles. The number of nitrogens with one attached hydrogen (secondary N) is 1. The number of carbonyl (C=O) groups is 1. The number of nitrogens with zero attached hydrogens (tertiary/aromatic N) is 3. The van der Waals surface area contributed by atoms with Crippen LogP contribution >= 0.6 is 24.8 Å². The Bertz CT molecular complexity index is 591. The summed E-state index contributed by atoms with van der Waals surface area (Å²) in [5, 5.41) is 3.29. The fourth-order valence-corrected chi connectivity index (χ4v) is 3.81. The number of hydrogen-bond donors (Lipinski definition) is 1. The molecule has 2 heterocycles. The molecule has 6 nitrogen and oxygen atoms in total. The van der Waals surface area contributed by atoms with E-state index in [1.54, 1.807) is 7.11 Å². The van der Waals surface area contributed by atoms with Crippen molar-refractivity contribution in [2.75, 3.05) is 66.0 Å². The van der Waals surface area contributed by atoms with E-state index in [9.17, 15) is 4.79 Å². The second-order valence-electron chi connectivity index (χ2n) is 7.21. The van der Waals surface area contributed by atoms with Crippen molar-refractivity contribution in [3.8, 4) is 5.75 Å². The van der Waals surface area contributed by atoms with Crippen LogP contribution in [-0.2, 0) is 4.79 Å². The van der Waals surface area contributed by atoms with Crippen molar-refractivity contribution in [1.29, 1.82) is 0 Å². The molecular formula is C20H34Cl2N4O2. The van der Waals surface area contributed by atoms with Crippen molar-refractivity contribution >= 4 is 30.7 Å². The van der Waals surface area contributed by atoms with E-state index in [1.807, 2.05) is 11.0 Å². The molecule has 0 radical (unpaired) electrons. The molecule has 1 amide bonds. The van der Waals surface area contributed by atoms with Gasteiger partial charge in [0.05, 0.1) is 7.11 Å². The third-order valence-corrected chi connectivity index (χ3v) is 5.64. The molecule has 1 unspecified atom stereocenters. The van der Waals surface area contributed by atoms with Gasteiger partial charge in [-0.3, -0.25) is 9.69 Å². The van der Waals surface area contributed by atoms with E-state index in [0.717, 1.165) is 64.7 Å². The van der Waals surface area contributed by atoms with Gasteiger partial charge in [0.15, 0.2) is 0 Å². The molecule has 1 aromatic carbocycles. The highest BCUT2D eigenvalue weighted by atomic mass is 35.5. The van der Waals surface area contributed by atoms with E-state index in [2.05, 4.69) is 40.2 Å². The van der Waals surface area contributed by atoms with Crippen LogP contribution in [-0.4, -0.2) is 86.6 Å². The van der Waals surface area contributed by atoms with Crippen molar-refractivity contribution in [2.45, 2.75) is 19.4 Å². The van der Waals surface area contributed by atoms with Crippen LogP contribution in [0.3, 0.4) is 0 Å². The van der Waals surface area contributed by atoms with Crippen molar-refractivity contribution < 1.29 is 9.53 Å². The Morgan fingerprint density at radius 3 is 2.43 bits per heavy atom. The first-order chi connectivity index (χ1) is 12.7. The van der Waals surface area contributed by atoms with Crippen LogP contribution in [0.2, 0.25) is 0 Å². The van der Waals surface area contributed by atoms with Gasteiger partial charge in [-0.05, 0) is 24.6 Å². The van der Waals surface area contributed by atoms with Crippen LogP contribution in [0, 0.1) is 0 Å². The highest BCUT2D eigenvalue weighted by Gasteiger charge is 2.23. The molecule has 2 aliphatic rings. The second kappa shape index (κ2) is 12.5. The monoisotopic (exact) mass is 432 g/mol. The number of piperazine rings is 2. The summed E-state index contributed by atoms with van der Waals surface area (Å²) in [5.41, 5.74) is 1.30. The van der Waals surface area contributed by atoms with Gasteiger partial charge in [-0.15, -0.1) is 24.8 Å². The third kappa shape index (κ3) is 6.78. The van der Waals surface area contributed by atoms with Gasteiger partial charge >= 0.3 is 0 Å². The number of ether oxygens (including phenoxy) is 1. The minimum Gasteiger partial charge on any atom is -0.497 e. The molecule has 1 N–H and O–H groups in total. The number of methoxy groups -OCH3 is 1. The van der Waals surface area contributed by atoms with Gasteiger partial charge in [0, 0.05) is 71.4 Å². The molecule has 3 rings (SSSR count). The second-order valence-corrected chi connectivity index (χ2v) is 7.21. The van der Waals surface area contributed by atoms with Crippen LogP contribution in [0.1, 0.15) is 24.9 Å². The predicted molar refractivity (Wildman–Crippen MR) is 118 cm³/mol. The lowest BCUT2D eigenvalue weighted by Gasteiger charge is -2.38. The quantitative estimate of drug-likeness (QED) is 0.744. The van der Waals surface area contributed by atoms with Gasteiger partial charge in [-0.2, -0.15) is 0 Å². The van der Waals surface area contributed by atoms with Gasteiger partial charge in [0.1, 0.15) is 5.75 Å². The predicted octanol–water partition coefficient (Wildman–Crippen LogP) is 2.04. The van der Waals surface area contributed by atoms with Crippen LogP contribution in [0.5, 0.6) is 5.75 Å². The highest BCUT2D eigenvalue weighted by molar-refractivity contribution is 5.85. The van der Waals surface area contributed by atoms with Crippen LogP contribution < -0.4 is 10.1 Å². The van der Waals surface area contributed by atoms with E-state index in [-0.39, 0.29) is 24.8 Å². The van der Waals surface area contributed by atoms with Gasteiger partial charge in [-0.1, -0.05) is 12.1 Å². The van der Waals surface area contributed by atoms with Gasteiger partial charge < -0.3 is 19.9 Å². The number of benzene rings is 1. The summed E-state index contributed by atoms with van der Waals surface area (Å²) in [6, 6.07) is 8.73. The Morgan fingerprint density at radius 1 is 1.11 bits per heavy atom. The largest absolute Gasteiger partial charge is 0.497 e. The molecule has 0 aliphatic carbocycles. The molecule has 0 bridgehead atoms. The molecule has 2 fully saturated rings. The lowest BCUT2D eigenvalue weighted by atomic mass is 10.1. The maximum Gasteiger partial charge on any atom is 0.223 e. The molecule has 28 heavy (non-hydrogen) atoms. The van der Waals surface area contributed by atoms with Gasteiger partial charge in [0.2, 0.25) is 5.91 Å². The topological polar surface area (TPSA) is 48.1 Å². The van der Waals surface area contributed by atoms with Crippen LogP contribution in [0.4, 0.5) is 0 Å². The van der Waals surface area contributed by atoms with Crippen molar-refractivity contribution in [3.63, 3.8) is 0 Å². The average molecular weight is 433 g/mol. The summed E-state index contributed by atoms with van der Waals surface area (Å²) in [7, 11) is 1.71. The lowest BCUT2D eigenvalue weighted by molar-refractivity contribution is -0.132. The standard InChI is InChI=1S/C20H32N4O2.2ClH/c1-17(18-4-3-5-19(16-18)26-2)23-14-12-22(13-15-23)9-6-20(25)24-10-7-21-8-11-24;;/h3-5,16-17,21H,6-15H2,1-2H3;2*1H. The highest BCUT2D eigenvalue weighted by Crippen LogP contribution is 2.24. The summed E-state index contributed by atoms with van der Waals surface area (Å²) in [6.07, 6.45) is 0.644. The average Bonchev–Trinajstić information content (AvgIpc) is 2.72. The Labute approximate surface area is 181 Å². The smallest absolute Gasteiger partial charge is 0.223 e. The van der Waals surface area contributed by atoms with Crippen LogP contribution in [0.15, 0.2) is 24.3 Å². The molecular weight excluding hydrogens is 399 g/mol. The number of carbonyl (C=O) groups excluding carboxylic acids is 1. The molecule has 160 valence electrons. The van der Waals surface area contributed by atoms with E-state index in [0.29, 0.717) is 18.4 Å². The zero-order chi connectivity index (χ0) is 18.4. The van der Waals surface area contributed by atoms with E-state index in [4.69, 9.17) is 4.74 Å². The van der Waals surface area contributed by atoms with Crippen molar-refractivity contribution in [1.82, 2.24) is 20.0 Å². The fourth-order valence-electron chi connectivity index (χ4n) is 3.81. The van der Waals surface area contributed by atoms with E-state index < -0.39 is 0 Å². The van der Waals surface area contributed by atoms with E-state index in [1.165, 1.54) is 5.56 Å². The minimum absolute atomic E-state index is 0. The summed E-state index contributed by atoms with van der Waals surface area (Å²) in [4.78, 5) is 19.2. The molecule has 0 spiro atoms. The van der Waals surface area contributed by atoms with E-state index >= 15 is 0 Å². The summed E-state index contributed by atoms with van der Waals surface area (Å²) in [6.45, 7) is 10.8. The molecule has 2 saturated heterocycles. The first-order valence-electron chi connectivity index (χ1n) is 9.76. The molecule has 2 aliphatic heterocycles. The lowest BCUT2D eigenvalue weighted by Crippen LogP contribution is -2.49. The molecule has 1 atom stereocenters. The Balaban J connectivity index is 0.00000196. The first kappa shape index (κ1) is 25.0. The van der Waals surface area contributed by atoms with Crippen molar-refractivity contribution in [3.05, 3.63) is 29.8 Å². The molecule has 1 aromatic rings. The number of rotatable bonds is 6. The number of hydrogen-bond acceptors (Lipinski definition) is 5. The molecule has 0 aromatic heterocycles. The van der Waals surface area contributed by atoms with Crippen molar-refractivity contribution in [2.24, 2.45) is 0 Å². The fraction of sp³-hybridized carbons (Fsp3) is 0.650. The number of halogens is 2. The first-order valence-corrected chi connectivity index (χ1v) is 9.76. The maximum absolute atomic E-state index is 12.3. The summed E-state index contributed by atoms with van der Waals surface area (Å²) < 4.78 is 5.35. The Hall–Kier alpha value is -1.05. The Kier molecular flexibility index (Phi) is 11.2. The summed E-state index contributed by atoms with van der Waals surface area (Å²) in [5.74, 6) is 1.22. The zero-order valence-corrected chi connectivity index (χ0v) is 18.6. The normalized spacial score (nSPS) is 19.3. The van der Waals surface area contributed by atoms with Gasteiger partial charge in [0.25, 0.3) is 0 Å². The summed E-state index contributed by atoms with van der Waals surface area (Å²) >= 11 is 0. The molecule has 8 heteroatoms. The SMILES string of the molecule is COc1cccc(C(C)N2CCN(CCC(=O)N3CCNCC3)CC2)c1.Cl.Cl. The zero-order valence-electron chi connectivity index (χ0n) is 16.9. The third-order valence-electron chi connectivity index (χ3n) is 5.64. The number of amides is 1.